The second kappa shape index (κ2) is 6.86. The minimum absolute atomic E-state index is 0.0390. The Kier molecular flexibility index (Phi) is 4.65. The van der Waals surface area contributed by atoms with Gasteiger partial charge in [0, 0.05) is 18.9 Å². The molecular formula is C14H21N7O2. The lowest BCUT2D eigenvalue weighted by Gasteiger charge is -2.41. The van der Waals surface area contributed by atoms with Crippen molar-refractivity contribution >= 4 is 5.97 Å². The van der Waals surface area contributed by atoms with Crippen LogP contribution in [-0.4, -0.2) is 49.4 Å². The number of imidazole rings is 1. The van der Waals surface area contributed by atoms with Gasteiger partial charge in [-0.2, -0.15) is 0 Å². The van der Waals surface area contributed by atoms with E-state index >= 15 is 0 Å². The number of carbonyl (C=O) groups is 1. The van der Waals surface area contributed by atoms with Gasteiger partial charge in [-0.15, -0.1) is 5.10 Å². The molecule has 3 rings (SSSR count). The van der Waals surface area contributed by atoms with Crippen molar-refractivity contribution in [3.63, 3.8) is 0 Å². The zero-order valence-electron chi connectivity index (χ0n) is 13.2. The molecular weight excluding hydrogens is 298 g/mol. The van der Waals surface area contributed by atoms with E-state index in [2.05, 4.69) is 30.4 Å². The summed E-state index contributed by atoms with van der Waals surface area (Å²) in [7, 11) is 1.36. The van der Waals surface area contributed by atoms with E-state index in [1.165, 1.54) is 11.8 Å². The van der Waals surface area contributed by atoms with Gasteiger partial charge in [0.2, 0.25) is 0 Å². The monoisotopic (exact) mass is 319 g/mol. The van der Waals surface area contributed by atoms with Crippen LogP contribution < -0.4 is 5.32 Å². The fourth-order valence-corrected chi connectivity index (χ4v) is 2.86. The Hall–Kier alpha value is -2.29. The van der Waals surface area contributed by atoms with Gasteiger partial charge in [-0.25, -0.2) is 9.67 Å². The summed E-state index contributed by atoms with van der Waals surface area (Å²) in [5.41, 5.74) is -0.230. The van der Waals surface area contributed by atoms with Gasteiger partial charge in [-0.05, 0) is 42.7 Å². The van der Waals surface area contributed by atoms with Crippen LogP contribution in [0.3, 0.4) is 0 Å². The first-order valence-electron chi connectivity index (χ1n) is 7.78. The number of ether oxygens (including phenoxy) is 1. The first kappa shape index (κ1) is 15.6. The number of aromatic nitrogens is 6. The van der Waals surface area contributed by atoms with E-state index in [0.717, 1.165) is 44.6 Å². The van der Waals surface area contributed by atoms with Gasteiger partial charge >= 0.3 is 5.97 Å². The number of hydrogen-bond donors (Lipinski definition) is 1. The van der Waals surface area contributed by atoms with Crippen LogP contribution in [-0.2, 0) is 28.2 Å². The van der Waals surface area contributed by atoms with Crippen molar-refractivity contribution in [2.45, 2.75) is 44.3 Å². The Bertz CT molecular complexity index is 633. The number of rotatable bonds is 8. The van der Waals surface area contributed by atoms with Crippen molar-refractivity contribution in [3.05, 3.63) is 24.5 Å². The van der Waals surface area contributed by atoms with E-state index in [4.69, 9.17) is 4.74 Å². The fourth-order valence-electron chi connectivity index (χ4n) is 2.86. The number of esters is 1. The quantitative estimate of drug-likeness (QED) is 0.544. The summed E-state index contributed by atoms with van der Waals surface area (Å²) < 4.78 is 8.29. The zero-order chi connectivity index (χ0) is 16.1. The van der Waals surface area contributed by atoms with Gasteiger partial charge in [-0.1, -0.05) is 0 Å². The van der Waals surface area contributed by atoms with Gasteiger partial charge in [0.25, 0.3) is 0 Å². The van der Waals surface area contributed by atoms with Crippen LogP contribution in [0.15, 0.2) is 18.7 Å². The van der Waals surface area contributed by atoms with Gasteiger partial charge in [0.15, 0.2) is 5.82 Å². The van der Waals surface area contributed by atoms with Gasteiger partial charge in [-0.3, -0.25) is 4.79 Å². The minimum Gasteiger partial charge on any atom is -0.468 e. The molecule has 0 saturated heterocycles. The fraction of sp³-hybridized carbons (Fsp3) is 0.643. The summed E-state index contributed by atoms with van der Waals surface area (Å²) in [5.74, 6) is 0.366. The van der Waals surface area contributed by atoms with Crippen molar-refractivity contribution in [1.29, 1.82) is 0 Å². The Morgan fingerprint density at radius 3 is 3.00 bits per heavy atom. The third-order valence-electron chi connectivity index (χ3n) is 4.29. The average molecular weight is 319 g/mol. The second-order valence-electron chi connectivity index (χ2n) is 5.75. The highest BCUT2D eigenvalue weighted by atomic mass is 16.5. The Balaban J connectivity index is 1.60. The van der Waals surface area contributed by atoms with Gasteiger partial charge in [0.1, 0.15) is 6.54 Å². The molecule has 2 heterocycles. The first-order valence-corrected chi connectivity index (χ1v) is 7.78. The van der Waals surface area contributed by atoms with Crippen LogP contribution >= 0.6 is 0 Å². The predicted octanol–water partition coefficient (Wildman–Crippen LogP) is 0.102. The van der Waals surface area contributed by atoms with E-state index in [1.54, 1.807) is 6.20 Å². The number of nitrogens with zero attached hydrogens (tertiary/aromatic N) is 6. The molecule has 1 saturated carbocycles. The molecule has 2 aromatic rings. The van der Waals surface area contributed by atoms with Crippen LogP contribution in [0.2, 0.25) is 0 Å². The van der Waals surface area contributed by atoms with E-state index in [-0.39, 0.29) is 18.1 Å². The van der Waals surface area contributed by atoms with E-state index in [9.17, 15) is 4.79 Å². The standard InChI is InChI=1S/C14H21N7O2/c1-23-12(22)10-21-13(17-18-19-21)14(4-2-5-14)16-6-3-8-20-9-7-15-11-20/h7,9,11,16H,2-6,8,10H2,1H3. The summed E-state index contributed by atoms with van der Waals surface area (Å²) in [4.78, 5) is 15.5. The molecule has 1 aliphatic rings. The SMILES string of the molecule is COC(=O)Cn1nnnc1C1(NCCCn2ccnc2)CCC1. The molecule has 0 bridgehead atoms. The number of hydrogen-bond acceptors (Lipinski definition) is 7. The molecule has 124 valence electrons. The van der Waals surface area contributed by atoms with Crippen LogP contribution in [0.4, 0.5) is 0 Å². The normalized spacial score (nSPS) is 16.0. The lowest BCUT2D eigenvalue weighted by Crippen LogP contribution is -2.50. The number of tetrazole rings is 1. The lowest BCUT2D eigenvalue weighted by atomic mass is 9.76. The highest BCUT2D eigenvalue weighted by Crippen LogP contribution is 2.39. The van der Waals surface area contributed by atoms with E-state index in [1.807, 2.05) is 12.5 Å². The van der Waals surface area contributed by atoms with Crippen molar-refractivity contribution in [3.8, 4) is 0 Å². The molecule has 9 nitrogen and oxygen atoms in total. The third kappa shape index (κ3) is 3.39. The highest BCUT2D eigenvalue weighted by Gasteiger charge is 2.43. The molecule has 1 N–H and O–H groups in total. The van der Waals surface area contributed by atoms with E-state index in [0.29, 0.717) is 0 Å². The third-order valence-corrected chi connectivity index (χ3v) is 4.29. The summed E-state index contributed by atoms with van der Waals surface area (Å²) in [6.07, 6.45) is 9.60. The molecule has 1 aliphatic carbocycles. The van der Waals surface area contributed by atoms with Crippen molar-refractivity contribution in [2.75, 3.05) is 13.7 Å². The Labute approximate surface area is 134 Å². The zero-order valence-corrected chi connectivity index (χ0v) is 13.2. The van der Waals surface area contributed by atoms with Gasteiger partial charge < -0.3 is 14.6 Å². The summed E-state index contributed by atoms with van der Waals surface area (Å²) in [6.45, 7) is 1.80. The van der Waals surface area contributed by atoms with Crippen molar-refractivity contribution < 1.29 is 9.53 Å². The number of nitrogens with one attached hydrogen (secondary N) is 1. The summed E-state index contributed by atoms with van der Waals surface area (Å²) in [6, 6.07) is 0. The maximum atomic E-state index is 11.5. The number of carbonyl (C=O) groups excluding carboxylic acids is 1. The highest BCUT2D eigenvalue weighted by molar-refractivity contribution is 5.68. The van der Waals surface area contributed by atoms with Crippen molar-refractivity contribution in [1.82, 2.24) is 35.1 Å². The summed E-state index contributed by atoms with van der Waals surface area (Å²) >= 11 is 0. The second-order valence-corrected chi connectivity index (χ2v) is 5.75. The molecule has 23 heavy (non-hydrogen) atoms. The number of aryl methyl sites for hydroxylation is 1. The molecule has 1 fully saturated rings. The topological polar surface area (TPSA) is 99.8 Å². The maximum absolute atomic E-state index is 11.5. The summed E-state index contributed by atoms with van der Waals surface area (Å²) in [5, 5.41) is 15.4. The van der Waals surface area contributed by atoms with Gasteiger partial charge in [0.05, 0.1) is 19.0 Å². The molecule has 0 spiro atoms. The molecule has 0 unspecified atom stereocenters. The van der Waals surface area contributed by atoms with Crippen LogP contribution in [0.1, 0.15) is 31.5 Å². The van der Waals surface area contributed by atoms with Crippen LogP contribution in [0.25, 0.3) is 0 Å². The van der Waals surface area contributed by atoms with Crippen LogP contribution in [0.5, 0.6) is 0 Å². The minimum atomic E-state index is -0.354. The molecule has 0 amide bonds. The predicted molar refractivity (Wildman–Crippen MR) is 80.2 cm³/mol. The lowest BCUT2D eigenvalue weighted by molar-refractivity contribution is -0.141. The van der Waals surface area contributed by atoms with E-state index < -0.39 is 0 Å². The molecule has 0 aliphatic heterocycles. The molecule has 2 aromatic heterocycles. The maximum Gasteiger partial charge on any atom is 0.327 e. The average Bonchev–Trinajstić information content (AvgIpc) is 3.18. The Morgan fingerprint density at radius 2 is 2.35 bits per heavy atom. The van der Waals surface area contributed by atoms with Crippen molar-refractivity contribution in [2.24, 2.45) is 0 Å². The smallest absolute Gasteiger partial charge is 0.327 e. The molecule has 0 aromatic carbocycles. The molecule has 0 radical (unpaired) electrons. The molecule has 0 atom stereocenters. The molecule has 9 heteroatoms. The number of methoxy groups -OCH3 is 1. The first-order chi connectivity index (χ1) is 11.2. The Morgan fingerprint density at radius 1 is 1.48 bits per heavy atom. The largest absolute Gasteiger partial charge is 0.468 e. The van der Waals surface area contributed by atoms with Crippen LogP contribution in [0, 0.1) is 0 Å².